The zero-order valence-corrected chi connectivity index (χ0v) is 53.8. The molecule has 0 aliphatic heterocycles. The Balaban J connectivity index is 4.13. The zero-order valence-electron chi connectivity index (χ0n) is 53.8. The lowest BCUT2D eigenvalue weighted by Gasteiger charge is -2.18. The number of allylic oxidation sites excluding steroid dienone is 14. The first-order chi connectivity index (χ1) is 40.0. The number of rotatable bonds is 64. The molecule has 0 spiro atoms. The van der Waals surface area contributed by atoms with Crippen molar-refractivity contribution in [2.24, 2.45) is 0 Å². The van der Waals surface area contributed by atoms with Crippen LogP contribution in [0, 0.1) is 0 Å². The average molecular weight is 1130 g/mol. The van der Waals surface area contributed by atoms with E-state index in [1.54, 1.807) is 0 Å². The van der Waals surface area contributed by atoms with Crippen molar-refractivity contribution in [3.05, 3.63) is 85.1 Å². The highest BCUT2D eigenvalue weighted by Crippen LogP contribution is 2.18. The molecule has 0 aliphatic rings. The Morgan fingerprint density at radius 1 is 0.259 bits per heavy atom. The second-order valence-corrected chi connectivity index (χ2v) is 23.4. The van der Waals surface area contributed by atoms with Gasteiger partial charge in [0.05, 0.1) is 0 Å². The molecule has 1 unspecified atom stereocenters. The van der Waals surface area contributed by atoms with Crippen molar-refractivity contribution in [2.45, 2.75) is 361 Å². The summed E-state index contributed by atoms with van der Waals surface area (Å²) in [6.45, 7) is 6.54. The maximum Gasteiger partial charge on any atom is 0.306 e. The first kappa shape index (κ1) is 77.6. The maximum atomic E-state index is 12.9. The molecular weight excluding hydrogens is 997 g/mol. The molecular formula is C75H132O6. The molecule has 0 aromatic carbocycles. The van der Waals surface area contributed by atoms with E-state index in [0.29, 0.717) is 19.3 Å². The molecule has 0 aromatic heterocycles. The van der Waals surface area contributed by atoms with Gasteiger partial charge in [0.1, 0.15) is 13.2 Å². The predicted octanol–water partition coefficient (Wildman–Crippen LogP) is 24.2. The Hall–Kier alpha value is -3.41. The molecule has 0 saturated carbocycles. The van der Waals surface area contributed by atoms with E-state index in [4.69, 9.17) is 14.2 Å². The van der Waals surface area contributed by atoms with Crippen molar-refractivity contribution in [3.63, 3.8) is 0 Å². The molecule has 6 heteroatoms. The smallest absolute Gasteiger partial charge is 0.306 e. The van der Waals surface area contributed by atoms with Crippen molar-refractivity contribution in [1.82, 2.24) is 0 Å². The van der Waals surface area contributed by atoms with E-state index in [1.807, 2.05) is 0 Å². The van der Waals surface area contributed by atoms with Crippen LogP contribution in [0.4, 0.5) is 0 Å². The van der Waals surface area contributed by atoms with Crippen molar-refractivity contribution in [3.8, 4) is 0 Å². The summed E-state index contributed by atoms with van der Waals surface area (Å²) < 4.78 is 16.9. The van der Waals surface area contributed by atoms with Gasteiger partial charge in [-0.2, -0.15) is 0 Å². The molecule has 0 aromatic rings. The van der Waals surface area contributed by atoms with Gasteiger partial charge >= 0.3 is 17.9 Å². The van der Waals surface area contributed by atoms with Gasteiger partial charge in [-0.05, 0) is 77.0 Å². The maximum absolute atomic E-state index is 12.9. The molecule has 0 fully saturated rings. The molecule has 0 N–H and O–H groups in total. The predicted molar refractivity (Wildman–Crippen MR) is 353 cm³/mol. The van der Waals surface area contributed by atoms with Gasteiger partial charge in [0.25, 0.3) is 0 Å². The van der Waals surface area contributed by atoms with Crippen molar-refractivity contribution in [1.29, 1.82) is 0 Å². The molecule has 1 atom stereocenters. The molecule has 0 bridgehead atoms. The minimum Gasteiger partial charge on any atom is -0.462 e. The highest BCUT2D eigenvalue weighted by Gasteiger charge is 2.19. The van der Waals surface area contributed by atoms with Gasteiger partial charge < -0.3 is 14.2 Å². The second-order valence-electron chi connectivity index (χ2n) is 23.4. The highest BCUT2D eigenvalue weighted by atomic mass is 16.6. The summed E-state index contributed by atoms with van der Waals surface area (Å²) in [5, 5.41) is 0. The van der Waals surface area contributed by atoms with Gasteiger partial charge in [-0.3, -0.25) is 14.4 Å². The normalized spacial score (nSPS) is 12.6. The van der Waals surface area contributed by atoms with Gasteiger partial charge in [0, 0.05) is 19.3 Å². The van der Waals surface area contributed by atoms with Crippen LogP contribution >= 0.6 is 0 Å². The Kier molecular flexibility index (Phi) is 66.2. The van der Waals surface area contributed by atoms with Crippen LogP contribution in [-0.2, 0) is 28.6 Å². The highest BCUT2D eigenvalue weighted by molar-refractivity contribution is 5.71. The number of unbranched alkanes of at least 4 members (excludes halogenated alkanes) is 39. The molecule has 0 radical (unpaired) electrons. The van der Waals surface area contributed by atoms with Gasteiger partial charge in [0.2, 0.25) is 0 Å². The van der Waals surface area contributed by atoms with Gasteiger partial charge in [0.15, 0.2) is 6.10 Å². The zero-order chi connectivity index (χ0) is 58.5. The molecule has 6 nitrogen and oxygen atoms in total. The summed E-state index contributed by atoms with van der Waals surface area (Å²) in [4.78, 5) is 38.2. The molecule has 0 amide bonds. The fourth-order valence-corrected chi connectivity index (χ4v) is 10.2. The second kappa shape index (κ2) is 69.1. The van der Waals surface area contributed by atoms with Gasteiger partial charge in [-0.25, -0.2) is 0 Å². The van der Waals surface area contributed by atoms with Crippen molar-refractivity contribution in [2.75, 3.05) is 13.2 Å². The largest absolute Gasteiger partial charge is 0.462 e. The summed E-state index contributed by atoms with van der Waals surface area (Å²) in [6, 6.07) is 0. The van der Waals surface area contributed by atoms with E-state index in [2.05, 4.69) is 106 Å². The van der Waals surface area contributed by atoms with E-state index < -0.39 is 6.10 Å². The van der Waals surface area contributed by atoms with Crippen LogP contribution < -0.4 is 0 Å². The molecule has 0 heterocycles. The standard InChI is InChI=1S/C75H132O6/c1-4-7-10-13-16-19-21-23-25-27-29-31-33-35-36-37-38-39-40-41-43-44-46-48-50-52-54-56-59-62-65-68-74(77)80-71-72(70-79-73(76)67-64-61-58-18-15-12-9-6-3)81-75(78)69-66-63-60-57-55-53-51-49-47-45-42-34-32-30-28-26-24-22-20-17-14-11-8-5-2/h7,10,16,19,23,25,29,31,35-36,38-39,41,43,72H,4-6,8-9,11-15,17-18,20-22,24,26-28,30,32-34,37,40,42,44-71H2,1-3H3/b10-7-,19-16-,25-23-,31-29-,36-35-,39-38-,43-41-. The third kappa shape index (κ3) is 67.3. The number of hydrogen-bond acceptors (Lipinski definition) is 6. The molecule has 0 rings (SSSR count). The Labute approximate surface area is 503 Å². The lowest BCUT2D eigenvalue weighted by Crippen LogP contribution is -2.30. The Bertz CT molecular complexity index is 1530. The van der Waals surface area contributed by atoms with Crippen LogP contribution in [-0.4, -0.2) is 37.2 Å². The summed E-state index contributed by atoms with van der Waals surface area (Å²) in [6.07, 6.45) is 92.0. The topological polar surface area (TPSA) is 78.9 Å². The third-order valence-electron chi connectivity index (χ3n) is 15.4. The van der Waals surface area contributed by atoms with E-state index in [9.17, 15) is 14.4 Å². The SMILES string of the molecule is CC/C=C\C/C=C\C/C=C\C/C=C\C/C=C\C/C=C\C/C=C\CCCCCCCCCCCC(=O)OCC(COC(=O)CCCCCCCCCC)OC(=O)CCCCCCCCCCCCCCCCCCCCCCCCCC. The van der Waals surface area contributed by atoms with Gasteiger partial charge in [-0.15, -0.1) is 0 Å². The lowest BCUT2D eigenvalue weighted by atomic mass is 10.0. The first-order valence-corrected chi connectivity index (χ1v) is 35.1. The molecule has 468 valence electrons. The average Bonchev–Trinajstić information content (AvgIpc) is 3.47. The van der Waals surface area contributed by atoms with Crippen LogP contribution in [0.3, 0.4) is 0 Å². The summed E-state index contributed by atoms with van der Waals surface area (Å²) in [7, 11) is 0. The monoisotopic (exact) mass is 1130 g/mol. The Morgan fingerprint density at radius 2 is 0.481 bits per heavy atom. The van der Waals surface area contributed by atoms with E-state index >= 15 is 0 Å². The molecule has 0 saturated heterocycles. The fraction of sp³-hybridized carbons (Fsp3) is 0.773. The number of ether oxygens (including phenoxy) is 3. The number of carbonyl (C=O) groups is 3. The number of esters is 3. The van der Waals surface area contributed by atoms with Crippen LogP contribution in [0.25, 0.3) is 0 Å². The molecule has 0 aliphatic carbocycles. The minimum absolute atomic E-state index is 0.0733. The Morgan fingerprint density at radius 3 is 0.753 bits per heavy atom. The third-order valence-corrected chi connectivity index (χ3v) is 15.4. The van der Waals surface area contributed by atoms with E-state index in [1.165, 1.54) is 205 Å². The minimum atomic E-state index is -0.775. The summed E-state index contributed by atoms with van der Waals surface area (Å²) in [5.41, 5.74) is 0. The van der Waals surface area contributed by atoms with E-state index in [-0.39, 0.29) is 31.1 Å². The van der Waals surface area contributed by atoms with Crippen LogP contribution in [0.5, 0.6) is 0 Å². The number of hydrogen-bond donors (Lipinski definition) is 0. The van der Waals surface area contributed by atoms with Crippen LogP contribution in [0.1, 0.15) is 355 Å². The number of carbonyl (C=O) groups excluding carboxylic acids is 3. The summed E-state index contributed by atoms with van der Waals surface area (Å²) in [5.74, 6) is -0.866. The molecule has 81 heavy (non-hydrogen) atoms. The fourth-order valence-electron chi connectivity index (χ4n) is 10.2. The quantitative estimate of drug-likeness (QED) is 0.0261. The van der Waals surface area contributed by atoms with E-state index in [0.717, 1.165) is 109 Å². The van der Waals surface area contributed by atoms with Crippen molar-refractivity contribution < 1.29 is 28.6 Å². The van der Waals surface area contributed by atoms with Crippen molar-refractivity contribution >= 4 is 17.9 Å². The van der Waals surface area contributed by atoms with Crippen LogP contribution in [0.15, 0.2) is 85.1 Å². The lowest BCUT2D eigenvalue weighted by molar-refractivity contribution is -0.167. The first-order valence-electron chi connectivity index (χ1n) is 35.1. The van der Waals surface area contributed by atoms with Gasteiger partial charge in [-0.1, -0.05) is 343 Å². The van der Waals surface area contributed by atoms with Crippen LogP contribution in [0.2, 0.25) is 0 Å². The summed E-state index contributed by atoms with van der Waals surface area (Å²) >= 11 is 0.